The number of benzene rings is 1. The number of nitrogens with two attached hydrogens (primary N) is 1. The predicted octanol–water partition coefficient (Wildman–Crippen LogP) is 3.35. The summed E-state index contributed by atoms with van der Waals surface area (Å²) in [5, 5.41) is 3.05. The van der Waals surface area contributed by atoms with Crippen molar-refractivity contribution in [2.75, 3.05) is 7.11 Å². The van der Waals surface area contributed by atoms with Crippen molar-refractivity contribution < 1.29 is 23.0 Å². The number of rotatable bonds is 5. The normalized spacial score (nSPS) is 27.4. The molecule has 2 fully saturated rings. The van der Waals surface area contributed by atoms with Crippen molar-refractivity contribution in [3.63, 3.8) is 0 Å². The molecule has 3 N–H and O–H groups in total. The lowest BCUT2D eigenvalue weighted by atomic mass is 9.67. The fourth-order valence-corrected chi connectivity index (χ4v) is 4.32. The van der Waals surface area contributed by atoms with Crippen LogP contribution in [0.15, 0.2) is 18.2 Å². The fraction of sp³-hybridized carbons (Fsp3) is 0.611. The third-order valence-electron chi connectivity index (χ3n) is 5.32. The SMILES string of the molecule is COc1cccc(C(=O)NC2C3CCCC2CC(N)C3)c1OC(F)F.Cl. The van der Waals surface area contributed by atoms with Crippen LogP contribution in [0.4, 0.5) is 8.78 Å². The second kappa shape index (κ2) is 8.86. The Morgan fingerprint density at radius 1 is 1.27 bits per heavy atom. The van der Waals surface area contributed by atoms with E-state index in [1.807, 2.05) is 0 Å². The molecule has 2 aliphatic carbocycles. The molecule has 1 aromatic carbocycles. The molecule has 0 aliphatic heterocycles. The summed E-state index contributed by atoms with van der Waals surface area (Å²) in [6.07, 6.45) is 4.99. The van der Waals surface area contributed by atoms with Gasteiger partial charge in [0.1, 0.15) is 0 Å². The van der Waals surface area contributed by atoms with E-state index in [9.17, 15) is 13.6 Å². The first-order valence-corrected chi connectivity index (χ1v) is 8.67. The Kier molecular flexibility index (Phi) is 7.06. The zero-order valence-electron chi connectivity index (χ0n) is 14.6. The first-order chi connectivity index (χ1) is 12.0. The number of halogens is 3. The Morgan fingerprint density at radius 2 is 1.92 bits per heavy atom. The maximum Gasteiger partial charge on any atom is 0.387 e. The summed E-state index contributed by atoms with van der Waals surface area (Å²) in [5.41, 5.74) is 6.18. The molecule has 2 aliphatic rings. The van der Waals surface area contributed by atoms with Gasteiger partial charge in [-0.15, -0.1) is 12.4 Å². The van der Waals surface area contributed by atoms with Gasteiger partial charge in [0.25, 0.3) is 5.91 Å². The predicted molar refractivity (Wildman–Crippen MR) is 96.2 cm³/mol. The highest BCUT2D eigenvalue weighted by atomic mass is 35.5. The molecule has 2 bridgehead atoms. The number of alkyl halides is 2. The lowest BCUT2D eigenvalue weighted by molar-refractivity contribution is -0.0515. The van der Waals surface area contributed by atoms with E-state index in [0.29, 0.717) is 11.8 Å². The van der Waals surface area contributed by atoms with Gasteiger partial charge in [-0.05, 0) is 49.7 Å². The zero-order chi connectivity index (χ0) is 18.0. The van der Waals surface area contributed by atoms with E-state index in [1.165, 1.54) is 19.2 Å². The molecule has 0 spiro atoms. The van der Waals surface area contributed by atoms with E-state index in [2.05, 4.69) is 10.1 Å². The molecule has 2 unspecified atom stereocenters. The van der Waals surface area contributed by atoms with Crippen LogP contribution < -0.4 is 20.5 Å². The maximum absolute atomic E-state index is 12.8. The van der Waals surface area contributed by atoms with Crippen LogP contribution in [0.3, 0.4) is 0 Å². The third-order valence-corrected chi connectivity index (χ3v) is 5.32. The van der Waals surface area contributed by atoms with Gasteiger partial charge in [-0.3, -0.25) is 4.79 Å². The molecule has 5 nitrogen and oxygen atoms in total. The molecule has 146 valence electrons. The Hall–Kier alpha value is -1.60. The van der Waals surface area contributed by atoms with Gasteiger partial charge >= 0.3 is 6.61 Å². The van der Waals surface area contributed by atoms with Crippen molar-refractivity contribution in [3.05, 3.63) is 23.8 Å². The molecule has 0 heterocycles. The van der Waals surface area contributed by atoms with Crippen LogP contribution in [0.25, 0.3) is 0 Å². The monoisotopic (exact) mass is 390 g/mol. The summed E-state index contributed by atoms with van der Waals surface area (Å²) in [6.45, 7) is -3.03. The van der Waals surface area contributed by atoms with E-state index >= 15 is 0 Å². The number of ether oxygens (including phenoxy) is 2. The van der Waals surface area contributed by atoms with Crippen LogP contribution >= 0.6 is 12.4 Å². The van der Waals surface area contributed by atoms with E-state index in [4.69, 9.17) is 10.5 Å². The van der Waals surface area contributed by atoms with E-state index < -0.39 is 12.5 Å². The molecule has 1 aromatic rings. The standard InChI is InChI=1S/C18H24F2N2O3.ClH/c1-24-14-7-3-6-13(16(14)25-18(19)20)17(23)22-15-10-4-2-5-11(15)9-12(21)8-10;/h3,6-7,10-12,15,18H,2,4-5,8-9,21H2,1H3,(H,22,23);1H. The van der Waals surface area contributed by atoms with Gasteiger partial charge in [0.05, 0.1) is 12.7 Å². The van der Waals surface area contributed by atoms with Gasteiger partial charge in [-0.25, -0.2) is 0 Å². The highest BCUT2D eigenvalue weighted by molar-refractivity contribution is 5.98. The molecule has 26 heavy (non-hydrogen) atoms. The van der Waals surface area contributed by atoms with Gasteiger partial charge in [0, 0.05) is 12.1 Å². The second-order valence-electron chi connectivity index (χ2n) is 6.90. The first-order valence-electron chi connectivity index (χ1n) is 8.67. The van der Waals surface area contributed by atoms with Crippen molar-refractivity contribution >= 4 is 18.3 Å². The molecule has 8 heteroatoms. The largest absolute Gasteiger partial charge is 0.493 e. The van der Waals surface area contributed by atoms with Crippen molar-refractivity contribution in [2.45, 2.75) is 50.8 Å². The highest BCUT2D eigenvalue weighted by Gasteiger charge is 2.40. The number of hydrogen-bond acceptors (Lipinski definition) is 4. The van der Waals surface area contributed by atoms with E-state index in [-0.39, 0.29) is 41.6 Å². The number of carbonyl (C=O) groups excluding carboxylic acids is 1. The molecule has 2 atom stereocenters. The number of methoxy groups -OCH3 is 1. The molecule has 3 rings (SSSR count). The Labute approximate surface area is 158 Å². The minimum atomic E-state index is -3.03. The zero-order valence-corrected chi connectivity index (χ0v) is 15.4. The maximum atomic E-state index is 12.8. The summed E-state index contributed by atoms with van der Waals surface area (Å²) < 4.78 is 35.1. The van der Waals surface area contributed by atoms with Crippen LogP contribution in [0, 0.1) is 11.8 Å². The average molecular weight is 391 g/mol. The quantitative estimate of drug-likeness (QED) is 0.808. The number of hydrogen-bond donors (Lipinski definition) is 2. The van der Waals surface area contributed by atoms with Crippen LogP contribution in [0.2, 0.25) is 0 Å². The topological polar surface area (TPSA) is 73.6 Å². The van der Waals surface area contributed by atoms with Gasteiger partial charge in [-0.1, -0.05) is 12.5 Å². The van der Waals surface area contributed by atoms with Crippen molar-refractivity contribution in [3.8, 4) is 11.5 Å². The van der Waals surface area contributed by atoms with Crippen LogP contribution in [-0.4, -0.2) is 31.7 Å². The molecule has 0 radical (unpaired) electrons. The molecule has 1 amide bonds. The fourth-order valence-electron chi connectivity index (χ4n) is 4.32. The molecular weight excluding hydrogens is 366 g/mol. The Morgan fingerprint density at radius 3 is 2.50 bits per heavy atom. The summed E-state index contributed by atoms with van der Waals surface area (Å²) >= 11 is 0. The summed E-state index contributed by atoms with van der Waals surface area (Å²) in [4.78, 5) is 12.8. The van der Waals surface area contributed by atoms with Gasteiger partial charge < -0.3 is 20.5 Å². The molecular formula is C18H25ClF2N2O3. The van der Waals surface area contributed by atoms with Crippen LogP contribution in [0.5, 0.6) is 11.5 Å². The highest BCUT2D eigenvalue weighted by Crippen LogP contribution is 2.40. The van der Waals surface area contributed by atoms with Crippen LogP contribution in [0.1, 0.15) is 42.5 Å². The van der Waals surface area contributed by atoms with Crippen molar-refractivity contribution in [1.82, 2.24) is 5.32 Å². The number of fused-ring (bicyclic) bond motifs is 2. The van der Waals surface area contributed by atoms with E-state index in [1.54, 1.807) is 6.07 Å². The second-order valence-corrected chi connectivity index (χ2v) is 6.90. The Balaban J connectivity index is 0.00000243. The number of carbonyl (C=O) groups is 1. The first kappa shape index (κ1) is 20.7. The van der Waals surface area contributed by atoms with Crippen molar-refractivity contribution in [1.29, 1.82) is 0 Å². The third kappa shape index (κ3) is 4.38. The number of amides is 1. The van der Waals surface area contributed by atoms with Crippen molar-refractivity contribution in [2.24, 2.45) is 17.6 Å². The Bertz CT molecular complexity index is 618. The van der Waals surface area contributed by atoms with Crippen LogP contribution in [-0.2, 0) is 0 Å². The number of nitrogens with one attached hydrogen (secondary N) is 1. The molecule has 2 saturated carbocycles. The van der Waals surface area contributed by atoms with Gasteiger partial charge in [0.2, 0.25) is 0 Å². The summed E-state index contributed by atoms with van der Waals surface area (Å²) in [6, 6.07) is 4.76. The minimum Gasteiger partial charge on any atom is -0.493 e. The summed E-state index contributed by atoms with van der Waals surface area (Å²) in [5.74, 6) is 0.161. The van der Waals surface area contributed by atoms with Gasteiger partial charge in [-0.2, -0.15) is 8.78 Å². The minimum absolute atomic E-state index is 0. The smallest absolute Gasteiger partial charge is 0.387 e. The van der Waals surface area contributed by atoms with E-state index in [0.717, 1.165) is 32.1 Å². The molecule has 0 aromatic heterocycles. The molecule has 0 saturated heterocycles. The summed E-state index contributed by atoms with van der Waals surface area (Å²) in [7, 11) is 1.35. The lowest BCUT2D eigenvalue weighted by Crippen LogP contribution is -2.53. The van der Waals surface area contributed by atoms with Gasteiger partial charge in [0.15, 0.2) is 11.5 Å². The lowest BCUT2D eigenvalue weighted by Gasteiger charge is -2.45. The average Bonchev–Trinajstić information content (AvgIpc) is 2.55. The number of para-hydroxylation sites is 1.